The molecule has 1 aliphatic rings. The van der Waals surface area contributed by atoms with E-state index in [9.17, 15) is 8.78 Å². The van der Waals surface area contributed by atoms with Crippen molar-refractivity contribution in [3.05, 3.63) is 65.2 Å². The minimum atomic E-state index is -0.559. The average molecular weight is 306 g/mol. The van der Waals surface area contributed by atoms with E-state index in [1.165, 1.54) is 22.6 Å². The highest BCUT2D eigenvalue weighted by Gasteiger charge is 2.29. The Hall–Kier alpha value is -1.43. The second-order valence-electron chi connectivity index (χ2n) is 5.18. The summed E-state index contributed by atoms with van der Waals surface area (Å²) in [7, 11) is 0. The van der Waals surface area contributed by atoms with Crippen LogP contribution in [-0.2, 0) is 12.8 Å². The van der Waals surface area contributed by atoms with Gasteiger partial charge in [-0.1, -0.05) is 24.3 Å². The molecule has 3 rings (SSSR count). The highest BCUT2D eigenvalue weighted by atomic mass is 32.2. The summed E-state index contributed by atoms with van der Waals surface area (Å²) in [5.74, 6) is 4.58. The summed E-state index contributed by atoms with van der Waals surface area (Å²) >= 11 is 1.76. The fourth-order valence-electron chi connectivity index (χ4n) is 2.66. The summed E-state index contributed by atoms with van der Waals surface area (Å²) in [5, 5.41) is 0.247. The zero-order valence-corrected chi connectivity index (χ0v) is 12.2. The first-order valence-corrected chi connectivity index (χ1v) is 7.70. The average Bonchev–Trinajstić information content (AvgIpc) is 2.90. The molecule has 0 saturated carbocycles. The van der Waals surface area contributed by atoms with Gasteiger partial charge in [-0.05, 0) is 36.1 Å². The third-order valence-corrected chi connectivity index (χ3v) is 5.24. The Labute approximate surface area is 126 Å². The lowest BCUT2D eigenvalue weighted by molar-refractivity contribution is 0.490. The van der Waals surface area contributed by atoms with Gasteiger partial charge in [0.1, 0.15) is 11.6 Å². The molecule has 5 heteroatoms. The van der Waals surface area contributed by atoms with Crippen LogP contribution in [0.15, 0.2) is 47.4 Å². The largest absolute Gasteiger partial charge is 0.271 e. The van der Waals surface area contributed by atoms with Gasteiger partial charge < -0.3 is 0 Å². The van der Waals surface area contributed by atoms with Crippen LogP contribution in [0.5, 0.6) is 0 Å². The van der Waals surface area contributed by atoms with Crippen molar-refractivity contribution in [3.63, 3.8) is 0 Å². The van der Waals surface area contributed by atoms with E-state index in [0.29, 0.717) is 12.0 Å². The van der Waals surface area contributed by atoms with Crippen molar-refractivity contribution in [2.75, 3.05) is 0 Å². The van der Waals surface area contributed by atoms with Crippen molar-refractivity contribution >= 4 is 11.8 Å². The van der Waals surface area contributed by atoms with Gasteiger partial charge in [-0.15, -0.1) is 11.8 Å². The first-order chi connectivity index (χ1) is 10.2. The Balaban J connectivity index is 1.75. The normalized spacial score (nSPS) is 18.5. The van der Waals surface area contributed by atoms with Crippen molar-refractivity contribution in [1.29, 1.82) is 0 Å². The monoisotopic (exact) mass is 306 g/mol. The number of nitrogens with two attached hydrogens (primary N) is 1. The van der Waals surface area contributed by atoms with Crippen LogP contribution >= 0.6 is 11.8 Å². The van der Waals surface area contributed by atoms with Crippen LogP contribution in [0.4, 0.5) is 8.78 Å². The summed E-state index contributed by atoms with van der Waals surface area (Å²) in [6.45, 7) is 0. The fourth-order valence-corrected chi connectivity index (χ4v) is 4.04. The van der Waals surface area contributed by atoms with E-state index >= 15 is 0 Å². The van der Waals surface area contributed by atoms with Gasteiger partial charge in [0.05, 0.1) is 0 Å². The number of thioether (sulfide) groups is 1. The highest BCUT2D eigenvalue weighted by Crippen LogP contribution is 2.38. The number of halogens is 2. The maximum absolute atomic E-state index is 13.8. The zero-order valence-electron chi connectivity index (χ0n) is 11.4. The van der Waals surface area contributed by atoms with E-state index in [4.69, 9.17) is 5.84 Å². The van der Waals surface area contributed by atoms with Crippen LogP contribution in [0.1, 0.15) is 11.1 Å². The van der Waals surface area contributed by atoms with Crippen LogP contribution in [0.25, 0.3) is 0 Å². The molecule has 2 unspecified atom stereocenters. The molecule has 0 spiro atoms. The Morgan fingerprint density at radius 3 is 2.76 bits per heavy atom. The second-order valence-corrected chi connectivity index (χ2v) is 6.46. The van der Waals surface area contributed by atoms with Crippen molar-refractivity contribution in [2.45, 2.75) is 29.0 Å². The van der Waals surface area contributed by atoms with Gasteiger partial charge in [-0.3, -0.25) is 11.3 Å². The van der Waals surface area contributed by atoms with Gasteiger partial charge in [0.15, 0.2) is 0 Å². The fraction of sp³-hybridized carbons (Fsp3) is 0.250. The third kappa shape index (κ3) is 3.10. The summed E-state index contributed by atoms with van der Waals surface area (Å²) < 4.78 is 26.7. The van der Waals surface area contributed by atoms with E-state index in [1.54, 1.807) is 11.8 Å². The molecule has 0 radical (unpaired) electrons. The number of fused-ring (bicyclic) bond motifs is 1. The molecule has 0 bridgehead atoms. The van der Waals surface area contributed by atoms with Crippen LogP contribution in [-0.4, -0.2) is 11.3 Å². The first kappa shape index (κ1) is 14.5. The topological polar surface area (TPSA) is 38.0 Å². The quantitative estimate of drug-likeness (QED) is 0.673. The molecule has 0 aromatic heterocycles. The SMILES string of the molecule is NNC(Cc1ccc(F)cc1F)C1Cc2ccccc2S1. The maximum Gasteiger partial charge on any atom is 0.129 e. The van der Waals surface area contributed by atoms with E-state index < -0.39 is 11.6 Å². The summed E-state index contributed by atoms with van der Waals surface area (Å²) in [6, 6.07) is 11.8. The van der Waals surface area contributed by atoms with Crippen molar-refractivity contribution in [1.82, 2.24) is 5.43 Å². The van der Waals surface area contributed by atoms with Crippen LogP contribution in [0.3, 0.4) is 0 Å². The molecule has 0 saturated heterocycles. The summed E-state index contributed by atoms with van der Waals surface area (Å²) in [5.41, 5.74) is 4.57. The number of hydrogen-bond donors (Lipinski definition) is 2. The van der Waals surface area contributed by atoms with E-state index in [2.05, 4.69) is 17.6 Å². The minimum absolute atomic E-state index is 0.0673. The van der Waals surface area contributed by atoms with Crippen molar-refractivity contribution < 1.29 is 8.78 Å². The van der Waals surface area contributed by atoms with Crippen LogP contribution in [0.2, 0.25) is 0 Å². The number of hydrazine groups is 1. The zero-order chi connectivity index (χ0) is 14.8. The highest BCUT2D eigenvalue weighted by molar-refractivity contribution is 8.00. The smallest absolute Gasteiger partial charge is 0.129 e. The molecule has 0 fully saturated rings. The Morgan fingerprint density at radius 1 is 1.24 bits per heavy atom. The van der Waals surface area contributed by atoms with Crippen LogP contribution in [0, 0.1) is 11.6 Å². The molecular formula is C16H16F2N2S. The van der Waals surface area contributed by atoms with E-state index in [0.717, 1.165) is 12.5 Å². The van der Waals surface area contributed by atoms with E-state index in [1.807, 2.05) is 12.1 Å². The number of benzene rings is 2. The number of hydrogen-bond acceptors (Lipinski definition) is 3. The molecule has 3 N–H and O–H groups in total. The Bertz CT molecular complexity index is 623. The van der Waals surface area contributed by atoms with Gasteiger partial charge in [0.2, 0.25) is 0 Å². The molecule has 2 aromatic rings. The Morgan fingerprint density at radius 2 is 2.05 bits per heavy atom. The number of nitrogens with one attached hydrogen (secondary N) is 1. The lowest BCUT2D eigenvalue weighted by Gasteiger charge is -2.22. The summed E-state index contributed by atoms with van der Waals surface area (Å²) in [4.78, 5) is 1.25. The predicted molar refractivity (Wildman–Crippen MR) is 81.0 cm³/mol. The molecule has 1 aliphatic heterocycles. The van der Waals surface area contributed by atoms with Crippen molar-refractivity contribution in [3.8, 4) is 0 Å². The minimum Gasteiger partial charge on any atom is -0.271 e. The molecule has 21 heavy (non-hydrogen) atoms. The molecule has 1 heterocycles. The van der Waals surface area contributed by atoms with Crippen LogP contribution < -0.4 is 11.3 Å². The molecule has 2 atom stereocenters. The molecular weight excluding hydrogens is 290 g/mol. The maximum atomic E-state index is 13.8. The van der Waals surface area contributed by atoms with Gasteiger partial charge in [-0.25, -0.2) is 8.78 Å². The van der Waals surface area contributed by atoms with E-state index in [-0.39, 0.29) is 11.3 Å². The molecule has 2 aromatic carbocycles. The standard InChI is InChI=1S/C16H16F2N2S/c17-12-6-5-10(13(18)9-12)7-14(20-19)16-8-11-3-1-2-4-15(11)21-16/h1-6,9,14,16,20H,7-8,19H2. The third-order valence-electron chi connectivity index (χ3n) is 3.79. The van der Waals surface area contributed by atoms with Crippen molar-refractivity contribution in [2.24, 2.45) is 5.84 Å². The van der Waals surface area contributed by atoms with Gasteiger partial charge >= 0.3 is 0 Å². The Kier molecular flexibility index (Phi) is 4.24. The number of rotatable bonds is 4. The first-order valence-electron chi connectivity index (χ1n) is 6.82. The molecule has 0 amide bonds. The summed E-state index contributed by atoms with van der Waals surface area (Å²) in [6.07, 6.45) is 1.34. The van der Waals surface area contributed by atoms with Gasteiger partial charge in [0, 0.05) is 22.3 Å². The molecule has 110 valence electrons. The second kappa shape index (κ2) is 6.13. The molecule has 2 nitrogen and oxygen atoms in total. The lowest BCUT2D eigenvalue weighted by atomic mass is 9.99. The molecule has 0 aliphatic carbocycles. The van der Waals surface area contributed by atoms with Gasteiger partial charge in [0.25, 0.3) is 0 Å². The predicted octanol–water partition coefficient (Wildman–Crippen LogP) is 3.06. The van der Waals surface area contributed by atoms with Gasteiger partial charge in [-0.2, -0.15) is 0 Å². The lowest BCUT2D eigenvalue weighted by Crippen LogP contribution is -2.44.